The molecule has 0 bridgehead atoms. The summed E-state index contributed by atoms with van der Waals surface area (Å²) >= 11 is 0. The minimum Gasteiger partial charge on any atom is -0.545 e. The van der Waals surface area contributed by atoms with Crippen LogP contribution in [-0.2, 0) is 33.3 Å². The minimum absolute atomic E-state index is 0.146. The van der Waals surface area contributed by atoms with E-state index >= 15 is 0 Å². The third-order valence-electron chi connectivity index (χ3n) is 14.8. The van der Waals surface area contributed by atoms with Gasteiger partial charge < -0.3 is 33.3 Å². The molecule has 9 heteroatoms. The lowest BCUT2D eigenvalue weighted by Crippen LogP contribution is -2.44. The molecule has 9 nitrogen and oxygen atoms in total. The first kappa shape index (κ1) is 80.0. The van der Waals surface area contributed by atoms with E-state index in [-0.39, 0.29) is 32.2 Å². The number of hydrogen-bond acceptors (Lipinski definition) is 8. The van der Waals surface area contributed by atoms with Crippen molar-refractivity contribution in [1.29, 1.82) is 0 Å². The van der Waals surface area contributed by atoms with Gasteiger partial charge in [0.25, 0.3) is 0 Å². The molecule has 0 aliphatic rings. The van der Waals surface area contributed by atoms with Crippen molar-refractivity contribution < 1.29 is 42.9 Å². The van der Waals surface area contributed by atoms with E-state index in [1.807, 2.05) is 21.1 Å². The van der Waals surface area contributed by atoms with Gasteiger partial charge in [0, 0.05) is 12.8 Å². The molecule has 0 aromatic carbocycles. The quantitative estimate of drug-likeness (QED) is 0.0195. The highest BCUT2D eigenvalue weighted by Gasteiger charge is 2.22. The summed E-state index contributed by atoms with van der Waals surface area (Å²) in [6.07, 6.45) is 87.4. The maximum Gasteiger partial charge on any atom is 0.306 e. The summed E-state index contributed by atoms with van der Waals surface area (Å²) in [6, 6.07) is 0. The van der Waals surface area contributed by atoms with Gasteiger partial charge in [0.15, 0.2) is 12.4 Å². The SMILES string of the molecule is CC/C=C\C/C=C\C/C=C\C/C=C\C/C=C\C/C=C\C/C=C\C/C=C\C/C=C\CCCCCCCCCCCCCCCC(=O)OC(COC(=O)CCCCCCCCCCCCCCCCCCCC)COC(OCC[N+](C)(C)C)C(=O)[O-]. The third-order valence-corrected chi connectivity index (χ3v) is 14.8. The number of hydrogen-bond donors (Lipinski definition) is 0. The molecule has 0 rings (SSSR count). The number of rotatable bonds is 63. The average Bonchev–Trinajstić information content (AvgIpc) is 3.52. The lowest BCUT2D eigenvalue weighted by atomic mass is 10.0. The number of esters is 2. The number of carboxylic acid groups (broad SMARTS) is 1. The third kappa shape index (κ3) is 65.5. The second-order valence-corrected chi connectivity index (χ2v) is 24.1. The minimum atomic E-state index is -1.62. The number of ether oxygens (including phenoxy) is 4. The molecule has 0 saturated carbocycles. The van der Waals surface area contributed by atoms with Crippen LogP contribution >= 0.6 is 0 Å². The Bertz CT molecular complexity index is 1750. The van der Waals surface area contributed by atoms with E-state index in [9.17, 15) is 19.5 Å². The van der Waals surface area contributed by atoms with Crippen molar-refractivity contribution in [1.82, 2.24) is 0 Å². The Morgan fingerprint density at radius 3 is 1.01 bits per heavy atom. The van der Waals surface area contributed by atoms with Gasteiger partial charge >= 0.3 is 11.9 Å². The Morgan fingerprint density at radius 1 is 0.369 bits per heavy atom. The fourth-order valence-corrected chi connectivity index (χ4v) is 9.53. The molecular formula is C75H129NO8. The highest BCUT2D eigenvalue weighted by Crippen LogP contribution is 2.17. The van der Waals surface area contributed by atoms with E-state index in [0.717, 1.165) is 96.3 Å². The van der Waals surface area contributed by atoms with Crippen molar-refractivity contribution in [2.45, 2.75) is 302 Å². The first-order chi connectivity index (χ1) is 41.1. The summed E-state index contributed by atoms with van der Waals surface area (Å²) in [5.74, 6) is -2.27. The summed E-state index contributed by atoms with van der Waals surface area (Å²) in [5, 5.41) is 11.8. The van der Waals surface area contributed by atoms with E-state index in [1.165, 1.54) is 161 Å². The Morgan fingerprint density at radius 2 is 0.679 bits per heavy atom. The van der Waals surface area contributed by atoms with Gasteiger partial charge in [-0.3, -0.25) is 9.59 Å². The lowest BCUT2D eigenvalue weighted by molar-refractivity contribution is -0.870. The van der Waals surface area contributed by atoms with Crippen molar-refractivity contribution in [3.8, 4) is 0 Å². The van der Waals surface area contributed by atoms with Crippen LogP contribution in [0, 0.1) is 0 Å². The van der Waals surface area contributed by atoms with Crippen molar-refractivity contribution >= 4 is 17.9 Å². The summed E-state index contributed by atoms with van der Waals surface area (Å²) in [6.45, 7) is 4.66. The molecule has 0 heterocycles. The Kier molecular flexibility index (Phi) is 61.8. The van der Waals surface area contributed by atoms with Crippen LogP contribution in [0.25, 0.3) is 0 Å². The van der Waals surface area contributed by atoms with Gasteiger partial charge in [-0.2, -0.15) is 0 Å². The molecule has 0 aromatic rings. The second-order valence-electron chi connectivity index (χ2n) is 24.1. The lowest BCUT2D eigenvalue weighted by Gasteiger charge is -2.26. The van der Waals surface area contributed by atoms with Crippen LogP contribution in [0.1, 0.15) is 290 Å². The summed E-state index contributed by atoms with van der Waals surface area (Å²) in [7, 11) is 5.93. The zero-order chi connectivity index (χ0) is 61.2. The van der Waals surface area contributed by atoms with Crippen molar-refractivity contribution in [2.75, 3.05) is 47.5 Å². The number of likely N-dealkylation sites (N-methyl/N-ethyl adjacent to an activating group) is 1. The zero-order valence-electron chi connectivity index (χ0n) is 55.0. The molecule has 482 valence electrons. The van der Waals surface area contributed by atoms with Gasteiger partial charge in [-0.15, -0.1) is 0 Å². The Balaban J connectivity index is 4.08. The van der Waals surface area contributed by atoms with Crippen LogP contribution in [0.4, 0.5) is 0 Å². The number of carbonyl (C=O) groups is 3. The maximum atomic E-state index is 12.9. The molecule has 2 atom stereocenters. The first-order valence-electron chi connectivity index (χ1n) is 34.5. The number of carboxylic acids is 1. The molecule has 0 fully saturated rings. The molecule has 0 saturated heterocycles. The van der Waals surface area contributed by atoms with Crippen molar-refractivity contribution in [3.63, 3.8) is 0 Å². The van der Waals surface area contributed by atoms with E-state index in [0.29, 0.717) is 23.9 Å². The van der Waals surface area contributed by atoms with Gasteiger partial charge in [-0.25, -0.2) is 0 Å². The molecule has 0 N–H and O–H groups in total. The molecule has 0 amide bonds. The smallest absolute Gasteiger partial charge is 0.306 e. The molecule has 84 heavy (non-hydrogen) atoms. The van der Waals surface area contributed by atoms with Gasteiger partial charge in [-0.1, -0.05) is 303 Å². The molecule has 0 radical (unpaired) electrons. The highest BCUT2D eigenvalue weighted by molar-refractivity contribution is 5.70. The van der Waals surface area contributed by atoms with Crippen molar-refractivity contribution in [2.24, 2.45) is 0 Å². The fourth-order valence-electron chi connectivity index (χ4n) is 9.53. The molecule has 0 spiro atoms. The summed E-state index contributed by atoms with van der Waals surface area (Å²) in [5.41, 5.74) is 0. The normalized spacial score (nSPS) is 13.4. The van der Waals surface area contributed by atoms with Crippen LogP contribution in [0.15, 0.2) is 109 Å². The van der Waals surface area contributed by atoms with Gasteiger partial charge in [0.1, 0.15) is 13.2 Å². The molecule has 0 aromatic heterocycles. The number of nitrogens with zero attached hydrogens (tertiary/aromatic N) is 1. The van der Waals surface area contributed by atoms with Crippen LogP contribution in [0.2, 0.25) is 0 Å². The predicted octanol–water partition coefficient (Wildman–Crippen LogP) is 20.1. The number of quaternary nitrogens is 1. The first-order valence-corrected chi connectivity index (χ1v) is 34.5. The van der Waals surface area contributed by atoms with E-state index in [1.54, 1.807) is 0 Å². The highest BCUT2D eigenvalue weighted by atomic mass is 16.7. The number of allylic oxidation sites excluding steroid dienone is 18. The van der Waals surface area contributed by atoms with Crippen LogP contribution in [-0.4, -0.2) is 82.3 Å². The van der Waals surface area contributed by atoms with E-state index in [4.69, 9.17) is 18.9 Å². The van der Waals surface area contributed by atoms with Crippen LogP contribution < -0.4 is 5.11 Å². The largest absolute Gasteiger partial charge is 0.545 e. The van der Waals surface area contributed by atoms with Crippen LogP contribution in [0.5, 0.6) is 0 Å². The maximum absolute atomic E-state index is 12.9. The average molecular weight is 1170 g/mol. The Labute approximate surface area is 517 Å². The zero-order valence-corrected chi connectivity index (χ0v) is 55.0. The van der Waals surface area contributed by atoms with Gasteiger partial charge in [0.05, 0.1) is 40.3 Å². The predicted molar refractivity (Wildman–Crippen MR) is 357 cm³/mol. The topological polar surface area (TPSA) is 111 Å². The summed E-state index contributed by atoms with van der Waals surface area (Å²) in [4.78, 5) is 37.4. The van der Waals surface area contributed by atoms with Gasteiger partial charge in [-0.05, 0) is 83.5 Å². The number of aliphatic carboxylic acids is 1. The fraction of sp³-hybridized carbons (Fsp3) is 0.720. The standard InChI is InChI=1S/C75H129NO8/c1-6-8-10-12-14-16-18-20-22-24-26-27-28-29-30-31-32-33-34-35-36-37-38-39-40-41-42-43-44-45-46-47-48-50-52-54-56-58-60-62-64-66-73(78)84-71(70-83-75(74(79)80)81-68-67-76(3,4)5)69-82-72(77)65-63-61-59-57-55-53-51-49-25-23-21-19-17-15-13-11-9-7-2/h8,10,14,16,20,22,26-27,29-30,32-33,35-36,38-39,41-42,71,75H,6-7,9,11-13,15,17-19,21,23-25,28,31,34,37,40,43-70H2,1-5H3/b10-8-,16-14-,22-20-,27-26-,30-29-,33-32-,36-35-,39-38-,42-41-. The summed E-state index contributed by atoms with van der Waals surface area (Å²) < 4.78 is 22.8. The van der Waals surface area contributed by atoms with Crippen molar-refractivity contribution in [3.05, 3.63) is 109 Å². The number of unbranched alkanes of at least 4 members (excludes halogenated alkanes) is 30. The van der Waals surface area contributed by atoms with E-state index in [2.05, 4.69) is 123 Å². The molecular weight excluding hydrogens is 1040 g/mol. The Hall–Kier alpha value is -4.05. The van der Waals surface area contributed by atoms with Crippen LogP contribution in [0.3, 0.4) is 0 Å². The van der Waals surface area contributed by atoms with Gasteiger partial charge in [0.2, 0.25) is 0 Å². The molecule has 0 aliphatic heterocycles. The second kappa shape index (κ2) is 64.9. The monoisotopic (exact) mass is 1170 g/mol. The number of carbonyl (C=O) groups excluding carboxylic acids is 3. The molecule has 2 unspecified atom stereocenters. The van der Waals surface area contributed by atoms with E-state index < -0.39 is 24.3 Å². The molecule has 0 aliphatic carbocycles.